The number of hydrogen-bond acceptors (Lipinski definition) is 2. The van der Waals surface area contributed by atoms with Gasteiger partial charge in [-0.05, 0) is 29.5 Å². The van der Waals surface area contributed by atoms with Crippen LogP contribution in [0.3, 0.4) is 0 Å². The van der Waals surface area contributed by atoms with Crippen molar-refractivity contribution in [3.63, 3.8) is 0 Å². The maximum absolute atomic E-state index is 12.6. The molecule has 1 N–H and O–H groups in total. The lowest BCUT2D eigenvalue weighted by molar-refractivity contribution is 0.107. The van der Waals surface area contributed by atoms with Crippen LogP contribution in [-0.2, 0) is 4.74 Å². The highest BCUT2D eigenvalue weighted by Gasteiger charge is 2.08. The van der Waals surface area contributed by atoms with E-state index >= 15 is 0 Å². The molecule has 4 heteroatoms. The first-order valence-electron chi connectivity index (χ1n) is 3.89. The number of ether oxygens (including phenoxy) is 1. The topological polar surface area (TPSA) is 21.3 Å². The smallest absolute Gasteiger partial charge is 0.123 e. The van der Waals surface area contributed by atoms with Crippen LogP contribution in [-0.4, -0.2) is 13.7 Å². The van der Waals surface area contributed by atoms with Crippen molar-refractivity contribution in [3.05, 3.63) is 35.6 Å². The van der Waals surface area contributed by atoms with E-state index in [0.29, 0.717) is 6.54 Å². The summed E-state index contributed by atoms with van der Waals surface area (Å²) in [5, 5.41) is 0. The summed E-state index contributed by atoms with van der Waals surface area (Å²) in [7, 11) is 1.59. The fourth-order valence-corrected chi connectivity index (χ4v) is 1.22. The van der Waals surface area contributed by atoms with Gasteiger partial charge in [0.2, 0.25) is 0 Å². The standard InChI is InChI=1S/C9H11ClFNO/c1-13-9(6-12-10)7-2-4-8(11)5-3-7/h2-5,9,12H,6H2,1H3/t9-/m0/s1. The molecule has 0 spiro atoms. The highest BCUT2D eigenvalue weighted by Crippen LogP contribution is 2.15. The molecule has 0 unspecified atom stereocenters. The Balaban J connectivity index is 2.73. The van der Waals surface area contributed by atoms with Gasteiger partial charge in [0, 0.05) is 13.7 Å². The molecule has 0 saturated heterocycles. The van der Waals surface area contributed by atoms with Gasteiger partial charge in [0.15, 0.2) is 0 Å². The summed E-state index contributed by atoms with van der Waals surface area (Å²) in [6.07, 6.45) is -0.141. The molecule has 1 aromatic rings. The zero-order valence-corrected chi connectivity index (χ0v) is 8.01. The van der Waals surface area contributed by atoms with E-state index in [9.17, 15) is 4.39 Å². The van der Waals surface area contributed by atoms with Gasteiger partial charge in [-0.15, -0.1) is 0 Å². The van der Waals surface area contributed by atoms with Gasteiger partial charge < -0.3 is 4.74 Å². The van der Waals surface area contributed by atoms with Gasteiger partial charge in [0.05, 0.1) is 6.10 Å². The quantitative estimate of drug-likeness (QED) is 0.758. The molecule has 1 rings (SSSR count). The number of hydrogen-bond donors (Lipinski definition) is 1. The van der Waals surface area contributed by atoms with Gasteiger partial charge in [-0.25, -0.2) is 9.23 Å². The fraction of sp³-hybridized carbons (Fsp3) is 0.333. The Morgan fingerprint density at radius 2 is 2.08 bits per heavy atom. The van der Waals surface area contributed by atoms with Crippen LogP contribution in [0.4, 0.5) is 4.39 Å². The number of rotatable bonds is 4. The molecule has 0 fully saturated rings. The molecule has 13 heavy (non-hydrogen) atoms. The molecule has 0 aliphatic rings. The van der Waals surface area contributed by atoms with Gasteiger partial charge in [-0.1, -0.05) is 12.1 Å². The predicted octanol–water partition coefficient (Wildman–Crippen LogP) is 2.26. The monoisotopic (exact) mass is 203 g/mol. The van der Waals surface area contributed by atoms with Crippen LogP contribution < -0.4 is 4.84 Å². The molecule has 0 heterocycles. The Kier molecular flexibility index (Phi) is 4.15. The normalized spacial score (nSPS) is 12.8. The van der Waals surface area contributed by atoms with Gasteiger partial charge in [0.1, 0.15) is 5.82 Å². The first kappa shape index (κ1) is 10.4. The average Bonchev–Trinajstić information content (AvgIpc) is 2.16. The molecule has 0 bridgehead atoms. The van der Waals surface area contributed by atoms with E-state index in [1.807, 2.05) is 0 Å². The highest BCUT2D eigenvalue weighted by atomic mass is 35.5. The van der Waals surface area contributed by atoms with Gasteiger partial charge in [-0.3, -0.25) is 0 Å². The van der Waals surface area contributed by atoms with E-state index in [4.69, 9.17) is 16.5 Å². The third kappa shape index (κ3) is 2.95. The van der Waals surface area contributed by atoms with Crippen molar-refractivity contribution in [2.75, 3.05) is 13.7 Å². The summed E-state index contributed by atoms with van der Waals surface area (Å²) >= 11 is 5.35. The zero-order chi connectivity index (χ0) is 9.68. The molecule has 0 aromatic heterocycles. The maximum atomic E-state index is 12.6. The summed E-state index contributed by atoms with van der Waals surface area (Å²) in [5.74, 6) is -0.252. The third-order valence-corrected chi connectivity index (χ3v) is 1.94. The third-order valence-electron chi connectivity index (χ3n) is 1.79. The molecule has 1 aromatic carbocycles. The zero-order valence-electron chi connectivity index (χ0n) is 7.26. The number of nitrogens with one attached hydrogen (secondary N) is 1. The van der Waals surface area contributed by atoms with Crippen molar-refractivity contribution in [1.29, 1.82) is 0 Å². The Morgan fingerprint density at radius 1 is 1.46 bits per heavy atom. The first-order chi connectivity index (χ1) is 6.27. The number of methoxy groups -OCH3 is 1. The van der Waals surface area contributed by atoms with Crippen molar-refractivity contribution in [2.45, 2.75) is 6.10 Å². The maximum Gasteiger partial charge on any atom is 0.123 e. The number of halogens is 2. The van der Waals surface area contributed by atoms with Crippen LogP contribution >= 0.6 is 11.8 Å². The van der Waals surface area contributed by atoms with E-state index in [0.717, 1.165) is 5.56 Å². The van der Waals surface area contributed by atoms with Gasteiger partial charge >= 0.3 is 0 Å². The van der Waals surface area contributed by atoms with Crippen molar-refractivity contribution < 1.29 is 9.13 Å². The molecule has 0 amide bonds. The minimum atomic E-state index is -0.252. The van der Waals surface area contributed by atoms with Crippen molar-refractivity contribution in [1.82, 2.24) is 4.84 Å². The highest BCUT2D eigenvalue weighted by molar-refractivity contribution is 6.13. The second kappa shape index (κ2) is 5.17. The van der Waals surface area contributed by atoms with Crippen LogP contribution in [0, 0.1) is 5.82 Å². The van der Waals surface area contributed by atoms with E-state index in [2.05, 4.69) is 4.84 Å². The molecule has 0 saturated carbocycles. The Morgan fingerprint density at radius 3 is 2.54 bits per heavy atom. The van der Waals surface area contributed by atoms with Crippen molar-refractivity contribution in [2.24, 2.45) is 0 Å². The van der Waals surface area contributed by atoms with Gasteiger partial charge in [-0.2, -0.15) is 0 Å². The van der Waals surface area contributed by atoms with Crippen LogP contribution in [0.5, 0.6) is 0 Å². The Bertz CT molecular complexity index is 252. The summed E-state index contributed by atoms with van der Waals surface area (Å²) < 4.78 is 17.7. The van der Waals surface area contributed by atoms with Crippen LogP contribution in [0.25, 0.3) is 0 Å². The molecule has 0 aliphatic heterocycles. The fourth-order valence-electron chi connectivity index (χ4n) is 1.08. The van der Waals surface area contributed by atoms with E-state index in [1.165, 1.54) is 12.1 Å². The molecular formula is C9H11ClFNO. The lowest BCUT2D eigenvalue weighted by Crippen LogP contribution is -2.14. The number of benzene rings is 1. The largest absolute Gasteiger partial charge is 0.375 e. The van der Waals surface area contributed by atoms with Gasteiger partial charge in [0.25, 0.3) is 0 Å². The second-order valence-corrected chi connectivity index (χ2v) is 2.88. The molecule has 72 valence electrons. The van der Waals surface area contributed by atoms with Crippen LogP contribution in [0.1, 0.15) is 11.7 Å². The minimum Gasteiger partial charge on any atom is -0.375 e. The molecule has 0 radical (unpaired) electrons. The first-order valence-corrected chi connectivity index (χ1v) is 4.27. The average molecular weight is 204 g/mol. The molecule has 0 aliphatic carbocycles. The van der Waals surface area contributed by atoms with E-state index in [-0.39, 0.29) is 11.9 Å². The van der Waals surface area contributed by atoms with E-state index in [1.54, 1.807) is 19.2 Å². The SMILES string of the molecule is CO[C@@H](CNCl)c1ccc(F)cc1. The lowest BCUT2D eigenvalue weighted by Gasteiger charge is -2.13. The Hall–Kier alpha value is -0.640. The summed E-state index contributed by atoms with van der Waals surface area (Å²) in [6.45, 7) is 0.490. The molecule has 2 nitrogen and oxygen atoms in total. The summed E-state index contributed by atoms with van der Waals surface area (Å²) in [5.41, 5.74) is 0.900. The minimum absolute atomic E-state index is 0.141. The van der Waals surface area contributed by atoms with Crippen LogP contribution in [0.15, 0.2) is 24.3 Å². The van der Waals surface area contributed by atoms with Crippen LogP contribution in [0.2, 0.25) is 0 Å². The Labute approximate surface area is 81.8 Å². The second-order valence-electron chi connectivity index (χ2n) is 2.61. The lowest BCUT2D eigenvalue weighted by atomic mass is 10.1. The molecular weight excluding hydrogens is 193 g/mol. The summed E-state index contributed by atoms with van der Waals surface area (Å²) in [6, 6.07) is 6.15. The van der Waals surface area contributed by atoms with Crippen molar-refractivity contribution in [3.8, 4) is 0 Å². The summed E-state index contributed by atoms with van der Waals surface area (Å²) in [4.78, 5) is 2.49. The predicted molar refractivity (Wildman–Crippen MR) is 50.0 cm³/mol. The van der Waals surface area contributed by atoms with E-state index < -0.39 is 0 Å². The molecule has 1 atom stereocenters. The van der Waals surface area contributed by atoms with Crippen molar-refractivity contribution >= 4 is 11.8 Å².